The average molecular weight is 200 g/mol. The van der Waals surface area contributed by atoms with Gasteiger partial charge in [0.15, 0.2) is 0 Å². The summed E-state index contributed by atoms with van der Waals surface area (Å²) in [5.74, 6) is 2.40. The topological polar surface area (TPSA) is 9.23 Å². The smallest absolute Gasteiger partial charge is 0.123 e. The summed E-state index contributed by atoms with van der Waals surface area (Å²) in [6, 6.07) is 4.61. The molecule has 0 atom stereocenters. The van der Waals surface area contributed by atoms with Gasteiger partial charge in [-0.25, -0.2) is 4.39 Å². The number of hydrogen-bond donors (Lipinski definition) is 0. The Labute approximate surface area is 82.3 Å². The number of hydrogen-bond acceptors (Lipinski definition) is 2. The number of rotatable bonds is 4. The third-order valence-corrected chi connectivity index (χ3v) is 2.63. The van der Waals surface area contributed by atoms with Gasteiger partial charge >= 0.3 is 0 Å². The minimum atomic E-state index is -0.201. The standard InChI is InChI=1S/C10H13FOS/c1-3-13-7-8-6-9(11)4-5-10(8)12-2/h4-6H,3,7H2,1-2H3. The first kappa shape index (κ1) is 10.4. The van der Waals surface area contributed by atoms with Crippen LogP contribution in [0.1, 0.15) is 12.5 Å². The lowest BCUT2D eigenvalue weighted by Crippen LogP contribution is -1.91. The van der Waals surface area contributed by atoms with Crippen LogP contribution >= 0.6 is 11.8 Å². The van der Waals surface area contributed by atoms with E-state index in [1.807, 2.05) is 0 Å². The molecule has 0 saturated carbocycles. The van der Waals surface area contributed by atoms with Crippen molar-refractivity contribution in [3.8, 4) is 5.75 Å². The Morgan fingerprint density at radius 3 is 2.85 bits per heavy atom. The largest absolute Gasteiger partial charge is 0.496 e. The van der Waals surface area contributed by atoms with Crippen molar-refractivity contribution in [2.75, 3.05) is 12.9 Å². The molecule has 0 saturated heterocycles. The van der Waals surface area contributed by atoms with E-state index in [-0.39, 0.29) is 5.82 Å². The highest BCUT2D eigenvalue weighted by Gasteiger charge is 2.03. The van der Waals surface area contributed by atoms with Crippen LogP contribution in [0.5, 0.6) is 5.75 Å². The van der Waals surface area contributed by atoms with Crippen molar-refractivity contribution in [2.24, 2.45) is 0 Å². The van der Waals surface area contributed by atoms with Crippen molar-refractivity contribution < 1.29 is 9.13 Å². The predicted octanol–water partition coefficient (Wildman–Crippen LogP) is 3.09. The second-order valence-electron chi connectivity index (χ2n) is 2.59. The van der Waals surface area contributed by atoms with Crippen molar-refractivity contribution in [2.45, 2.75) is 12.7 Å². The van der Waals surface area contributed by atoms with Gasteiger partial charge in [0.1, 0.15) is 11.6 Å². The van der Waals surface area contributed by atoms with E-state index in [0.29, 0.717) is 0 Å². The molecule has 0 aromatic heterocycles. The van der Waals surface area contributed by atoms with E-state index in [9.17, 15) is 4.39 Å². The van der Waals surface area contributed by atoms with Gasteiger partial charge in [-0.05, 0) is 24.0 Å². The molecule has 0 spiro atoms. The fraction of sp³-hybridized carbons (Fsp3) is 0.400. The summed E-state index contributed by atoms with van der Waals surface area (Å²) >= 11 is 1.75. The first-order chi connectivity index (χ1) is 6.27. The van der Waals surface area contributed by atoms with E-state index in [1.54, 1.807) is 24.9 Å². The summed E-state index contributed by atoms with van der Waals surface area (Å²) < 4.78 is 18.0. The van der Waals surface area contributed by atoms with Crippen LogP contribution < -0.4 is 4.74 Å². The number of methoxy groups -OCH3 is 1. The van der Waals surface area contributed by atoms with Crippen molar-refractivity contribution >= 4 is 11.8 Å². The molecule has 0 bridgehead atoms. The molecule has 0 aliphatic rings. The maximum atomic E-state index is 12.8. The molecule has 0 unspecified atom stereocenters. The maximum Gasteiger partial charge on any atom is 0.123 e. The van der Waals surface area contributed by atoms with Crippen molar-refractivity contribution in [1.29, 1.82) is 0 Å². The van der Waals surface area contributed by atoms with E-state index < -0.39 is 0 Å². The van der Waals surface area contributed by atoms with Gasteiger partial charge in [-0.3, -0.25) is 0 Å². The summed E-state index contributed by atoms with van der Waals surface area (Å²) in [6.45, 7) is 2.08. The van der Waals surface area contributed by atoms with E-state index in [4.69, 9.17) is 4.74 Å². The van der Waals surface area contributed by atoms with Crippen LogP contribution in [0, 0.1) is 5.82 Å². The molecule has 0 fully saturated rings. The molecule has 1 rings (SSSR count). The number of benzene rings is 1. The molecule has 0 aliphatic heterocycles. The fourth-order valence-corrected chi connectivity index (χ4v) is 1.72. The molecule has 1 aromatic carbocycles. The zero-order chi connectivity index (χ0) is 9.68. The molecular formula is C10H13FOS. The molecule has 0 amide bonds. The molecule has 3 heteroatoms. The first-order valence-corrected chi connectivity index (χ1v) is 5.33. The Morgan fingerprint density at radius 2 is 2.23 bits per heavy atom. The van der Waals surface area contributed by atoms with Crippen LogP contribution in [0.25, 0.3) is 0 Å². The van der Waals surface area contributed by atoms with Gasteiger partial charge in [0.25, 0.3) is 0 Å². The number of thioether (sulfide) groups is 1. The highest BCUT2D eigenvalue weighted by Crippen LogP contribution is 2.23. The van der Waals surface area contributed by atoms with Crippen LogP contribution in [0.3, 0.4) is 0 Å². The van der Waals surface area contributed by atoms with E-state index in [1.165, 1.54) is 12.1 Å². The monoisotopic (exact) mass is 200 g/mol. The maximum absolute atomic E-state index is 12.8. The second kappa shape index (κ2) is 5.12. The summed E-state index contributed by atoms with van der Waals surface area (Å²) in [5, 5.41) is 0. The van der Waals surface area contributed by atoms with Gasteiger partial charge < -0.3 is 4.74 Å². The average Bonchev–Trinajstić information content (AvgIpc) is 2.15. The van der Waals surface area contributed by atoms with Crippen molar-refractivity contribution in [3.63, 3.8) is 0 Å². The molecule has 0 N–H and O–H groups in total. The van der Waals surface area contributed by atoms with E-state index in [0.717, 1.165) is 22.8 Å². The molecule has 0 heterocycles. The lowest BCUT2D eigenvalue weighted by molar-refractivity contribution is 0.410. The quantitative estimate of drug-likeness (QED) is 0.738. The third kappa shape index (κ3) is 2.92. The Morgan fingerprint density at radius 1 is 1.46 bits per heavy atom. The molecule has 72 valence electrons. The fourth-order valence-electron chi connectivity index (χ4n) is 1.07. The van der Waals surface area contributed by atoms with Gasteiger partial charge in [-0.2, -0.15) is 11.8 Å². The lowest BCUT2D eigenvalue weighted by atomic mass is 10.2. The molecule has 13 heavy (non-hydrogen) atoms. The predicted molar refractivity (Wildman–Crippen MR) is 54.8 cm³/mol. The first-order valence-electron chi connectivity index (χ1n) is 4.18. The van der Waals surface area contributed by atoms with Crippen molar-refractivity contribution in [1.82, 2.24) is 0 Å². The zero-order valence-corrected chi connectivity index (χ0v) is 8.66. The summed E-state index contributed by atoms with van der Waals surface area (Å²) in [6.07, 6.45) is 0. The van der Waals surface area contributed by atoms with Gasteiger partial charge in [0, 0.05) is 11.3 Å². The van der Waals surface area contributed by atoms with Gasteiger partial charge in [-0.1, -0.05) is 6.92 Å². The Bertz CT molecular complexity index is 276. The highest BCUT2D eigenvalue weighted by atomic mass is 32.2. The number of ether oxygens (including phenoxy) is 1. The highest BCUT2D eigenvalue weighted by molar-refractivity contribution is 7.98. The molecule has 0 radical (unpaired) electrons. The molecular weight excluding hydrogens is 187 g/mol. The van der Waals surface area contributed by atoms with Crippen LogP contribution in [0.15, 0.2) is 18.2 Å². The van der Waals surface area contributed by atoms with Crippen LogP contribution in [0.4, 0.5) is 4.39 Å². The van der Waals surface area contributed by atoms with Crippen LogP contribution in [0.2, 0.25) is 0 Å². The molecule has 0 aliphatic carbocycles. The minimum absolute atomic E-state index is 0.201. The minimum Gasteiger partial charge on any atom is -0.496 e. The Balaban J connectivity index is 2.81. The summed E-state index contributed by atoms with van der Waals surface area (Å²) in [7, 11) is 1.60. The Kier molecular flexibility index (Phi) is 4.09. The second-order valence-corrected chi connectivity index (χ2v) is 3.87. The van der Waals surface area contributed by atoms with Crippen LogP contribution in [-0.4, -0.2) is 12.9 Å². The SMILES string of the molecule is CCSCc1cc(F)ccc1OC. The molecule has 1 aromatic rings. The summed E-state index contributed by atoms with van der Waals surface area (Å²) in [4.78, 5) is 0. The van der Waals surface area contributed by atoms with E-state index in [2.05, 4.69) is 6.92 Å². The van der Waals surface area contributed by atoms with E-state index >= 15 is 0 Å². The normalized spacial score (nSPS) is 10.1. The molecule has 1 nitrogen and oxygen atoms in total. The van der Waals surface area contributed by atoms with Crippen LogP contribution in [-0.2, 0) is 5.75 Å². The van der Waals surface area contributed by atoms with Crippen molar-refractivity contribution in [3.05, 3.63) is 29.6 Å². The van der Waals surface area contributed by atoms with Gasteiger partial charge in [-0.15, -0.1) is 0 Å². The van der Waals surface area contributed by atoms with Gasteiger partial charge in [0.05, 0.1) is 7.11 Å². The number of halogens is 1. The third-order valence-electron chi connectivity index (χ3n) is 1.70. The van der Waals surface area contributed by atoms with Gasteiger partial charge in [0.2, 0.25) is 0 Å². The summed E-state index contributed by atoms with van der Waals surface area (Å²) in [5.41, 5.74) is 0.925. The Hall–Kier alpha value is -0.700. The zero-order valence-electron chi connectivity index (χ0n) is 7.84. The lowest BCUT2D eigenvalue weighted by Gasteiger charge is -2.07.